The lowest BCUT2D eigenvalue weighted by Gasteiger charge is -2.17. The van der Waals surface area contributed by atoms with Gasteiger partial charge in [-0.1, -0.05) is 6.08 Å². The van der Waals surface area contributed by atoms with Crippen LogP contribution >= 0.6 is 0 Å². The van der Waals surface area contributed by atoms with Gasteiger partial charge in [-0.3, -0.25) is 10.4 Å². The second-order valence-electron chi connectivity index (χ2n) is 6.08. The zero-order valence-corrected chi connectivity index (χ0v) is 14.1. The molecule has 3 heterocycles. The number of nitrogens with one attached hydrogen (secondary N) is 2. The number of allylic oxidation sites excluding steroid dienone is 1. The Morgan fingerprint density at radius 3 is 2.73 bits per heavy atom. The second kappa shape index (κ2) is 7.78. The number of nitrogens with zero attached hydrogens (tertiary/aromatic N) is 2. The summed E-state index contributed by atoms with van der Waals surface area (Å²) in [6, 6.07) is 5.57. The number of halogens is 3. The van der Waals surface area contributed by atoms with Gasteiger partial charge >= 0.3 is 6.18 Å². The van der Waals surface area contributed by atoms with Crippen LogP contribution in [0.3, 0.4) is 0 Å². The molecule has 4 nitrogen and oxygen atoms in total. The smallest absolute Gasteiger partial charge is 0.316 e. The molecule has 0 aliphatic carbocycles. The number of rotatable bonds is 3. The first-order chi connectivity index (χ1) is 12.5. The summed E-state index contributed by atoms with van der Waals surface area (Å²) in [5, 5.41) is 11.5. The lowest BCUT2D eigenvalue weighted by Crippen LogP contribution is -2.20. The summed E-state index contributed by atoms with van der Waals surface area (Å²) in [6.45, 7) is 1.69. The molecule has 7 heteroatoms. The monoisotopic (exact) mass is 360 g/mol. The molecular formula is C19H19F3N4. The van der Waals surface area contributed by atoms with Gasteiger partial charge in [0.15, 0.2) is 0 Å². The highest BCUT2D eigenvalue weighted by atomic mass is 19.4. The molecule has 0 saturated heterocycles. The molecule has 2 aromatic rings. The summed E-state index contributed by atoms with van der Waals surface area (Å²) < 4.78 is 40.3. The van der Waals surface area contributed by atoms with Crippen molar-refractivity contribution in [2.45, 2.75) is 25.4 Å². The number of hydrogen-bond acceptors (Lipinski definition) is 4. The third-order valence-electron chi connectivity index (χ3n) is 4.24. The molecule has 136 valence electrons. The Kier molecular flexibility index (Phi) is 5.46. The molecule has 0 bridgehead atoms. The molecule has 0 radical (unpaired) electrons. The second-order valence-corrected chi connectivity index (χ2v) is 6.08. The van der Waals surface area contributed by atoms with E-state index in [1.165, 1.54) is 18.5 Å². The van der Waals surface area contributed by atoms with Gasteiger partial charge in [-0.2, -0.15) is 13.2 Å². The Morgan fingerprint density at radius 1 is 1.15 bits per heavy atom. The van der Waals surface area contributed by atoms with Crippen molar-refractivity contribution in [2.75, 3.05) is 13.1 Å². The topological polar surface area (TPSA) is 61.7 Å². The Hall–Kier alpha value is -2.54. The summed E-state index contributed by atoms with van der Waals surface area (Å²) in [5.41, 5.74) is 0.155. The number of pyridine rings is 2. The van der Waals surface area contributed by atoms with E-state index in [1.54, 1.807) is 12.1 Å². The van der Waals surface area contributed by atoms with E-state index in [4.69, 9.17) is 5.41 Å². The van der Waals surface area contributed by atoms with Gasteiger partial charge in [0.1, 0.15) is 5.69 Å². The molecule has 1 aliphatic heterocycles. The van der Waals surface area contributed by atoms with Gasteiger partial charge < -0.3 is 5.32 Å². The molecule has 2 aromatic heterocycles. The van der Waals surface area contributed by atoms with Crippen molar-refractivity contribution >= 4 is 11.3 Å². The van der Waals surface area contributed by atoms with Crippen molar-refractivity contribution in [2.24, 2.45) is 0 Å². The quantitative estimate of drug-likeness (QED) is 0.811. The molecule has 0 spiro atoms. The first kappa shape index (κ1) is 18.3. The Labute approximate surface area is 149 Å². The van der Waals surface area contributed by atoms with Crippen LogP contribution in [0, 0.1) is 5.41 Å². The van der Waals surface area contributed by atoms with Crippen LogP contribution in [0.4, 0.5) is 13.2 Å². The maximum absolute atomic E-state index is 13.4. The zero-order chi connectivity index (χ0) is 18.6. The molecule has 3 rings (SSSR count). The Bertz CT molecular complexity index is 813. The van der Waals surface area contributed by atoms with E-state index in [9.17, 15) is 13.2 Å². The highest BCUT2D eigenvalue weighted by Gasteiger charge is 2.35. The average molecular weight is 360 g/mol. The lowest BCUT2D eigenvalue weighted by molar-refractivity contribution is -0.137. The molecule has 0 atom stereocenters. The number of hydrogen-bond donors (Lipinski definition) is 2. The van der Waals surface area contributed by atoms with Gasteiger partial charge in [0.25, 0.3) is 0 Å². The molecule has 2 N–H and O–H groups in total. The van der Waals surface area contributed by atoms with Crippen LogP contribution in [-0.2, 0) is 6.18 Å². The van der Waals surface area contributed by atoms with Gasteiger partial charge in [-0.25, -0.2) is 4.98 Å². The van der Waals surface area contributed by atoms with Gasteiger partial charge in [0, 0.05) is 18.0 Å². The zero-order valence-electron chi connectivity index (χ0n) is 14.1. The van der Waals surface area contributed by atoms with Crippen LogP contribution in [0.5, 0.6) is 0 Å². The van der Waals surface area contributed by atoms with E-state index in [2.05, 4.69) is 15.3 Å². The molecule has 0 fully saturated rings. The van der Waals surface area contributed by atoms with Gasteiger partial charge in [-0.05, 0) is 62.2 Å². The summed E-state index contributed by atoms with van der Waals surface area (Å²) in [4.78, 5) is 8.13. The normalized spacial score (nSPS) is 15.7. The molecule has 1 aliphatic rings. The summed E-state index contributed by atoms with van der Waals surface area (Å²) >= 11 is 0. The minimum Gasteiger partial charge on any atom is -0.316 e. The minimum atomic E-state index is -4.58. The molecule has 0 saturated carbocycles. The molecule has 0 amide bonds. The predicted molar refractivity (Wildman–Crippen MR) is 94.1 cm³/mol. The van der Waals surface area contributed by atoms with E-state index < -0.39 is 11.7 Å². The van der Waals surface area contributed by atoms with E-state index >= 15 is 0 Å². The highest BCUT2D eigenvalue weighted by Crippen LogP contribution is 2.33. The van der Waals surface area contributed by atoms with Crippen LogP contribution in [0.15, 0.2) is 42.7 Å². The molecular weight excluding hydrogens is 341 g/mol. The van der Waals surface area contributed by atoms with Gasteiger partial charge in [0.05, 0.1) is 17.0 Å². The summed E-state index contributed by atoms with van der Waals surface area (Å²) in [6.07, 6.45) is 2.86. The third kappa shape index (κ3) is 4.16. The van der Waals surface area contributed by atoms with E-state index in [0.717, 1.165) is 37.6 Å². The fourth-order valence-electron chi connectivity index (χ4n) is 2.89. The van der Waals surface area contributed by atoms with Crippen molar-refractivity contribution in [3.05, 3.63) is 65.2 Å². The maximum Gasteiger partial charge on any atom is 0.418 e. The minimum absolute atomic E-state index is 0.281. The fraction of sp³-hybridized carbons (Fsp3) is 0.316. The largest absolute Gasteiger partial charge is 0.418 e. The average Bonchev–Trinajstić information content (AvgIpc) is 2.60. The van der Waals surface area contributed by atoms with Crippen molar-refractivity contribution in [1.29, 1.82) is 5.41 Å². The van der Waals surface area contributed by atoms with Crippen LogP contribution in [0.2, 0.25) is 0 Å². The van der Waals surface area contributed by atoms with E-state index in [-0.39, 0.29) is 11.4 Å². The van der Waals surface area contributed by atoms with Crippen molar-refractivity contribution in [1.82, 2.24) is 15.3 Å². The van der Waals surface area contributed by atoms with Crippen molar-refractivity contribution in [3.63, 3.8) is 0 Å². The van der Waals surface area contributed by atoms with Crippen molar-refractivity contribution < 1.29 is 13.2 Å². The predicted octanol–water partition coefficient (Wildman–Crippen LogP) is 4.07. The van der Waals surface area contributed by atoms with Gasteiger partial charge in [0.2, 0.25) is 0 Å². The fourth-order valence-corrected chi connectivity index (χ4v) is 2.89. The molecule has 26 heavy (non-hydrogen) atoms. The Balaban J connectivity index is 2.06. The van der Waals surface area contributed by atoms with E-state index in [1.807, 2.05) is 6.08 Å². The highest BCUT2D eigenvalue weighted by molar-refractivity contribution is 6.10. The standard InChI is InChI=1S/C19H19F3N4/c20-19(21,22)15-6-7-16(13-4-1-2-9-24-11-8-13)26-18(15)17(23)14-5-3-10-25-12-14/h3-7,10,12,23-24H,1-2,8-9,11H2. The van der Waals surface area contributed by atoms with E-state index in [0.29, 0.717) is 17.7 Å². The van der Waals surface area contributed by atoms with Crippen molar-refractivity contribution in [3.8, 4) is 0 Å². The van der Waals surface area contributed by atoms with Crippen LogP contribution in [0.1, 0.15) is 41.8 Å². The number of alkyl halides is 3. The summed E-state index contributed by atoms with van der Waals surface area (Å²) in [7, 11) is 0. The van der Waals surface area contributed by atoms with Crippen LogP contribution in [0.25, 0.3) is 5.57 Å². The lowest BCUT2D eigenvalue weighted by atomic mass is 9.99. The third-order valence-corrected chi connectivity index (χ3v) is 4.24. The Morgan fingerprint density at radius 2 is 2.00 bits per heavy atom. The van der Waals surface area contributed by atoms with Gasteiger partial charge in [-0.15, -0.1) is 0 Å². The molecule has 0 unspecified atom stereocenters. The first-order valence-corrected chi connectivity index (χ1v) is 8.44. The SMILES string of the molecule is N=C(c1cccnc1)c1nc(C2=CCCCNCC2)ccc1C(F)(F)F. The summed E-state index contributed by atoms with van der Waals surface area (Å²) in [5.74, 6) is 0. The van der Waals surface area contributed by atoms with Crippen LogP contribution in [-0.4, -0.2) is 28.8 Å². The van der Waals surface area contributed by atoms with Crippen LogP contribution < -0.4 is 5.32 Å². The maximum atomic E-state index is 13.4. The number of aromatic nitrogens is 2. The molecule has 0 aromatic carbocycles. The first-order valence-electron chi connectivity index (χ1n) is 8.44.